The molecule has 10 heteroatoms. The zero-order chi connectivity index (χ0) is 23.4. The number of aromatic nitrogens is 3. The Morgan fingerprint density at radius 3 is 2.61 bits per heavy atom. The lowest BCUT2D eigenvalue weighted by atomic mass is 9.93. The SMILES string of the molecule is O=c1cc(-c2cccc(F)c2)c2ccc(Cn3cc(C(O)(C4CC4)C(F)(F)F)nn3)cc2o1. The molecule has 2 heterocycles. The number of hydrogen-bond donors (Lipinski definition) is 1. The van der Waals surface area contributed by atoms with Crippen molar-refractivity contribution >= 4 is 11.0 Å². The maximum absolute atomic E-state index is 13.7. The molecule has 1 aliphatic carbocycles. The summed E-state index contributed by atoms with van der Waals surface area (Å²) in [4.78, 5) is 12.1. The lowest BCUT2D eigenvalue weighted by Gasteiger charge is -2.28. The average Bonchev–Trinajstić information content (AvgIpc) is 3.51. The minimum absolute atomic E-state index is 0.0371. The van der Waals surface area contributed by atoms with Crippen LogP contribution in [0.15, 0.2) is 63.9 Å². The summed E-state index contributed by atoms with van der Waals surface area (Å²) < 4.78 is 60.8. The molecule has 1 saturated carbocycles. The molecular formula is C23H17F4N3O3. The van der Waals surface area contributed by atoms with Crippen LogP contribution in [0.5, 0.6) is 0 Å². The molecule has 1 unspecified atom stereocenters. The maximum atomic E-state index is 13.7. The molecule has 1 atom stereocenters. The Morgan fingerprint density at radius 1 is 1.12 bits per heavy atom. The fraction of sp³-hybridized carbons (Fsp3) is 0.261. The molecule has 170 valence electrons. The lowest BCUT2D eigenvalue weighted by Crippen LogP contribution is -2.44. The lowest BCUT2D eigenvalue weighted by molar-refractivity contribution is -0.277. The average molecular weight is 459 g/mol. The maximum Gasteiger partial charge on any atom is 0.423 e. The summed E-state index contributed by atoms with van der Waals surface area (Å²) in [5.74, 6) is -1.38. The van der Waals surface area contributed by atoms with Crippen LogP contribution < -0.4 is 5.63 Å². The van der Waals surface area contributed by atoms with Gasteiger partial charge < -0.3 is 9.52 Å². The van der Waals surface area contributed by atoms with Crippen LogP contribution in [0.25, 0.3) is 22.1 Å². The predicted molar refractivity (Wildman–Crippen MR) is 110 cm³/mol. The van der Waals surface area contributed by atoms with Crippen LogP contribution in [0.3, 0.4) is 0 Å². The Hall–Kier alpha value is -3.53. The highest BCUT2D eigenvalue weighted by molar-refractivity contribution is 5.93. The number of halogens is 4. The quantitative estimate of drug-likeness (QED) is 0.354. The standard InChI is InChI=1S/C23H17F4N3O3/c24-16-3-1-2-14(9-16)18-10-21(31)33-19-8-13(4-7-17(18)19)11-30-12-20(28-29-30)22(32,15-5-6-15)23(25,26)27/h1-4,7-10,12,15,32H,5-6,11H2. The first kappa shape index (κ1) is 21.3. The molecule has 0 saturated heterocycles. The highest BCUT2D eigenvalue weighted by atomic mass is 19.4. The normalized spacial score (nSPS) is 16.2. The molecule has 2 aromatic heterocycles. The van der Waals surface area contributed by atoms with Crippen molar-refractivity contribution in [2.24, 2.45) is 5.92 Å². The molecule has 0 radical (unpaired) electrons. The molecule has 0 amide bonds. The van der Waals surface area contributed by atoms with Gasteiger partial charge >= 0.3 is 11.8 Å². The van der Waals surface area contributed by atoms with Gasteiger partial charge in [0.2, 0.25) is 5.60 Å². The third-order valence-electron chi connectivity index (χ3n) is 5.82. The fourth-order valence-electron chi connectivity index (χ4n) is 4.02. The Morgan fingerprint density at radius 2 is 1.91 bits per heavy atom. The summed E-state index contributed by atoms with van der Waals surface area (Å²) >= 11 is 0. The topological polar surface area (TPSA) is 81.2 Å². The van der Waals surface area contributed by atoms with Gasteiger partial charge in [-0.15, -0.1) is 5.10 Å². The van der Waals surface area contributed by atoms with Crippen LogP contribution in [-0.2, 0) is 12.1 Å². The van der Waals surface area contributed by atoms with Gasteiger partial charge in [-0.25, -0.2) is 13.9 Å². The second kappa shape index (κ2) is 7.51. The van der Waals surface area contributed by atoms with Gasteiger partial charge in [0.05, 0.1) is 12.7 Å². The summed E-state index contributed by atoms with van der Waals surface area (Å²) in [7, 11) is 0. The van der Waals surface area contributed by atoms with E-state index in [9.17, 15) is 27.5 Å². The van der Waals surface area contributed by atoms with Crippen molar-refractivity contribution in [1.82, 2.24) is 15.0 Å². The minimum atomic E-state index is -4.87. The molecule has 0 spiro atoms. The van der Waals surface area contributed by atoms with Crippen molar-refractivity contribution in [2.45, 2.75) is 31.2 Å². The summed E-state index contributed by atoms with van der Waals surface area (Å²) in [5, 5.41) is 18.3. The second-order valence-electron chi connectivity index (χ2n) is 8.16. The number of rotatable bonds is 5. The van der Waals surface area contributed by atoms with Crippen LogP contribution in [0.1, 0.15) is 24.1 Å². The van der Waals surface area contributed by atoms with Gasteiger partial charge in [-0.1, -0.05) is 29.5 Å². The van der Waals surface area contributed by atoms with Crippen molar-refractivity contribution in [1.29, 1.82) is 0 Å². The van der Waals surface area contributed by atoms with Crippen LogP contribution in [0, 0.1) is 11.7 Å². The first-order valence-electron chi connectivity index (χ1n) is 10.2. The number of hydrogen-bond acceptors (Lipinski definition) is 5. The second-order valence-corrected chi connectivity index (χ2v) is 8.16. The predicted octanol–water partition coefficient (Wildman–Crippen LogP) is 4.40. The zero-order valence-electron chi connectivity index (χ0n) is 17.0. The van der Waals surface area contributed by atoms with E-state index in [4.69, 9.17) is 4.42 Å². The van der Waals surface area contributed by atoms with E-state index < -0.39 is 34.8 Å². The van der Waals surface area contributed by atoms with E-state index in [1.54, 1.807) is 24.3 Å². The minimum Gasteiger partial charge on any atom is -0.423 e. The third kappa shape index (κ3) is 3.80. The first-order chi connectivity index (χ1) is 15.6. The van der Waals surface area contributed by atoms with E-state index in [-0.39, 0.29) is 25.0 Å². The highest BCUT2D eigenvalue weighted by Gasteiger charge is 2.64. The van der Waals surface area contributed by atoms with Crippen LogP contribution in [0.2, 0.25) is 0 Å². The molecule has 1 aliphatic rings. The molecular weight excluding hydrogens is 442 g/mol. The van der Waals surface area contributed by atoms with E-state index in [1.807, 2.05) is 0 Å². The van der Waals surface area contributed by atoms with E-state index >= 15 is 0 Å². The number of nitrogens with zero attached hydrogens (tertiary/aromatic N) is 3. The molecule has 5 rings (SSSR count). The smallest absolute Gasteiger partial charge is 0.423 e. The monoisotopic (exact) mass is 459 g/mol. The molecule has 0 bridgehead atoms. The number of fused-ring (bicyclic) bond motifs is 1. The molecule has 4 aromatic rings. The van der Waals surface area contributed by atoms with Gasteiger partial charge in [0, 0.05) is 17.4 Å². The largest absolute Gasteiger partial charge is 0.423 e. The fourth-order valence-corrected chi connectivity index (χ4v) is 4.02. The summed E-state index contributed by atoms with van der Waals surface area (Å²) in [6.45, 7) is 0.0371. The Balaban J connectivity index is 1.48. The number of aliphatic hydroxyl groups is 1. The molecule has 2 aromatic carbocycles. The number of alkyl halides is 3. The molecule has 1 N–H and O–H groups in total. The molecule has 0 aliphatic heterocycles. The van der Waals surface area contributed by atoms with Crippen LogP contribution in [0.4, 0.5) is 17.6 Å². The van der Waals surface area contributed by atoms with Crippen molar-refractivity contribution in [3.63, 3.8) is 0 Å². The van der Waals surface area contributed by atoms with Crippen molar-refractivity contribution in [2.75, 3.05) is 0 Å². The van der Waals surface area contributed by atoms with E-state index in [2.05, 4.69) is 10.3 Å². The summed E-state index contributed by atoms with van der Waals surface area (Å²) in [6.07, 6.45) is -3.26. The first-order valence-corrected chi connectivity index (χ1v) is 10.2. The van der Waals surface area contributed by atoms with Crippen molar-refractivity contribution < 1.29 is 27.1 Å². The van der Waals surface area contributed by atoms with Crippen LogP contribution in [-0.4, -0.2) is 26.3 Å². The van der Waals surface area contributed by atoms with Gasteiger partial charge in [0.15, 0.2) is 0 Å². The Bertz CT molecular complexity index is 1410. The van der Waals surface area contributed by atoms with Gasteiger partial charge in [0.1, 0.15) is 17.1 Å². The van der Waals surface area contributed by atoms with E-state index in [1.165, 1.54) is 28.9 Å². The van der Waals surface area contributed by atoms with Gasteiger partial charge in [0.25, 0.3) is 0 Å². The Labute approximate surface area is 184 Å². The highest BCUT2D eigenvalue weighted by Crippen LogP contribution is 2.53. The van der Waals surface area contributed by atoms with Crippen molar-refractivity contribution in [3.8, 4) is 11.1 Å². The van der Waals surface area contributed by atoms with Crippen LogP contribution >= 0.6 is 0 Å². The molecule has 6 nitrogen and oxygen atoms in total. The Kier molecular flexibility index (Phi) is 4.86. The zero-order valence-corrected chi connectivity index (χ0v) is 17.0. The number of benzene rings is 2. The van der Waals surface area contributed by atoms with Gasteiger partial charge in [-0.3, -0.25) is 0 Å². The third-order valence-corrected chi connectivity index (χ3v) is 5.82. The van der Waals surface area contributed by atoms with E-state index in [0.717, 1.165) is 6.20 Å². The van der Waals surface area contributed by atoms with Crippen molar-refractivity contribution in [3.05, 3.63) is 82.2 Å². The molecule has 1 fully saturated rings. The van der Waals surface area contributed by atoms with E-state index in [0.29, 0.717) is 22.1 Å². The summed E-state index contributed by atoms with van der Waals surface area (Å²) in [5.41, 5.74) is -2.37. The summed E-state index contributed by atoms with van der Waals surface area (Å²) in [6, 6.07) is 12.0. The molecule has 33 heavy (non-hydrogen) atoms. The van der Waals surface area contributed by atoms with Gasteiger partial charge in [-0.05, 0) is 47.7 Å². The van der Waals surface area contributed by atoms with Gasteiger partial charge in [-0.2, -0.15) is 13.2 Å².